The quantitative estimate of drug-likeness (QED) is 0.464. The fraction of sp³-hybridized carbons (Fsp3) is 0.211. The molecule has 3 rings (SSSR count). The van der Waals surface area contributed by atoms with Crippen molar-refractivity contribution in [1.82, 2.24) is 9.55 Å². The number of fused-ring (bicyclic) bond motifs is 1. The molecule has 0 aliphatic carbocycles. The highest BCUT2D eigenvalue weighted by molar-refractivity contribution is 7.99. The van der Waals surface area contributed by atoms with Gasteiger partial charge < -0.3 is 5.32 Å². The molecule has 27 heavy (non-hydrogen) atoms. The second kappa shape index (κ2) is 8.33. The number of carbonyl (C=O) groups is 1. The summed E-state index contributed by atoms with van der Waals surface area (Å²) in [6, 6.07) is 12.0. The Morgan fingerprint density at radius 2 is 1.96 bits per heavy atom. The summed E-state index contributed by atoms with van der Waals surface area (Å²) in [5.74, 6) is -0.178. The molecule has 0 fully saturated rings. The first-order valence-electron chi connectivity index (χ1n) is 8.26. The Labute approximate surface area is 170 Å². The van der Waals surface area contributed by atoms with E-state index in [1.54, 1.807) is 34.9 Å². The molecular formula is C19H17Cl2N3O2S. The Hall–Kier alpha value is -2.02. The molecule has 0 saturated carbocycles. The fourth-order valence-corrected chi connectivity index (χ4v) is 3.86. The van der Waals surface area contributed by atoms with Crippen molar-refractivity contribution in [3.05, 3.63) is 62.9 Å². The number of halogens is 2. The molecule has 0 unspecified atom stereocenters. The van der Waals surface area contributed by atoms with E-state index >= 15 is 0 Å². The van der Waals surface area contributed by atoms with E-state index in [4.69, 9.17) is 23.2 Å². The Balaban J connectivity index is 1.84. The number of nitrogens with zero attached hydrogens (tertiary/aromatic N) is 2. The summed E-state index contributed by atoms with van der Waals surface area (Å²) in [6.45, 7) is 3.82. The molecule has 1 N–H and O–H groups in total. The van der Waals surface area contributed by atoms with E-state index in [0.29, 0.717) is 31.8 Å². The van der Waals surface area contributed by atoms with E-state index in [1.165, 1.54) is 11.8 Å². The number of para-hydroxylation sites is 1. The third-order valence-electron chi connectivity index (χ3n) is 3.83. The van der Waals surface area contributed by atoms with Gasteiger partial charge in [-0.2, -0.15) is 0 Å². The number of benzene rings is 2. The van der Waals surface area contributed by atoms with Crippen molar-refractivity contribution < 1.29 is 4.79 Å². The lowest BCUT2D eigenvalue weighted by molar-refractivity contribution is -0.113. The largest absolute Gasteiger partial charge is 0.324 e. The van der Waals surface area contributed by atoms with Crippen molar-refractivity contribution >= 4 is 57.5 Å². The molecule has 0 radical (unpaired) electrons. The minimum absolute atomic E-state index is 0.0810. The first-order chi connectivity index (χ1) is 12.9. The second-order valence-electron chi connectivity index (χ2n) is 6.14. The van der Waals surface area contributed by atoms with Crippen molar-refractivity contribution in [2.45, 2.75) is 25.0 Å². The van der Waals surface area contributed by atoms with Crippen LogP contribution in [0.25, 0.3) is 10.9 Å². The zero-order valence-corrected chi connectivity index (χ0v) is 17.0. The number of amides is 1. The molecule has 0 aliphatic rings. The van der Waals surface area contributed by atoms with E-state index in [2.05, 4.69) is 10.3 Å². The fourth-order valence-electron chi connectivity index (χ4n) is 2.59. The molecule has 0 spiro atoms. The minimum atomic E-state index is -0.262. The molecule has 3 aromatic rings. The van der Waals surface area contributed by atoms with Crippen LogP contribution < -0.4 is 10.9 Å². The summed E-state index contributed by atoms with van der Waals surface area (Å²) >= 11 is 13.2. The van der Waals surface area contributed by atoms with Crippen LogP contribution in [-0.2, 0) is 4.79 Å². The lowest BCUT2D eigenvalue weighted by Gasteiger charge is -2.16. The van der Waals surface area contributed by atoms with Gasteiger partial charge in [0, 0.05) is 11.1 Å². The number of carbonyl (C=O) groups excluding carboxylic acids is 1. The summed E-state index contributed by atoms with van der Waals surface area (Å²) in [5.41, 5.74) is 0.944. The maximum absolute atomic E-state index is 12.8. The Morgan fingerprint density at radius 3 is 2.70 bits per heavy atom. The van der Waals surface area contributed by atoms with Gasteiger partial charge in [-0.05, 0) is 44.2 Å². The normalized spacial score (nSPS) is 11.1. The van der Waals surface area contributed by atoms with E-state index in [-0.39, 0.29) is 23.3 Å². The van der Waals surface area contributed by atoms with Crippen LogP contribution in [0.4, 0.5) is 5.69 Å². The van der Waals surface area contributed by atoms with Crippen LogP contribution in [0.1, 0.15) is 19.9 Å². The van der Waals surface area contributed by atoms with Gasteiger partial charge in [-0.3, -0.25) is 14.2 Å². The van der Waals surface area contributed by atoms with Crippen LogP contribution in [0.3, 0.4) is 0 Å². The number of aromatic nitrogens is 2. The second-order valence-corrected chi connectivity index (χ2v) is 7.93. The molecule has 1 heterocycles. The highest BCUT2D eigenvalue weighted by Gasteiger charge is 2.15. The maximum atomic E-state index is 12.8. The Bertz CT molecular complexity index is 1070. The van der Waals surface area contributed by atoms with Crippen LogP contribution in [0.15, 0.2) is 52.4 Å². The van der Waals surface area contributed by atoms with Gasteiger partial charge in [0.2, 0.25) is 5.91 Å². The van der Waals surface area contributed by atoms with Crippen molar-refractivity contribution in [2.75, 3.05) is 11.1 Å². The summed E-state index contributed by atoms with van der Waals surface area (Å²) in [4.78, 5) is 29.7. The van der Waals surface area contributed by atoms with Crippen molar-refractivity contribution in [2.24, 2.45) is 0 Å². The van der Waals surface area contributed by atoms with Gasteiger partial charge in [0.15, 0.2) is 5.16 Å². The SMILES string of the molecule is CC(C)n1c(SCC(=O)Nc2cc(Cl)ccc2Cl)nc2ccccc2c1=O. The number of hydrogen-bond acceptors (Lipinski definition) is 4. The molecule has 140 valence electrons. The average molecular weight is 422 g/mol. The number of hydrogen-bond donors (Lipinski definition) is 1. The zero-order chi connectivity index (χ0) is 19.6. The van der Waals surface area contributed by atoms with Crippen LogP contribution >= 0.6 is 35.0 Å². The first kappa shape index (κ1) is 19.7. The van der Waals surface area contributed by atoms with E-state index in [9.17, 15) is 9.59 Å². The predicted octanol–water partition coefficient (Wildman–Crippen LogP) is 5.02. The summed E-state index contributed by atoms with van der Waals surface area (Å²) in [7, 11) is 0. The number of anilines is 1. The third-order valence-corrected chi connectivity index (χ3v) is 5.34. The van der Waals surface area contributed by atoms with E-state index in [1.807, 2.05) is 26.0 Å². The molecule has 0 atom stereocenters. The van der Waals surface area contributed by atoms with Crippen LogP contribution in [-0.4, -0.2) is 21.2 Å². The molecule has 1 aromatic heterocycles. The summed E-state index contributed by atoms with van der Waals surface area (Å²) < 4.78 is 1.60. The van der Waals surface area contributed by atoms with Crippen molar-refractivity contribution in [3.8, 4) is 0 Å². The Morgan fingerprint density at radius 1 is 1.22 bits per heavy atom. The topological polar surface area (TPSA) is 64.0 Å². The molecule has 8 heteroatoms. The van der Waals surface area contributed by atoms with Gasteiger partial charge >= 0.3 is 0 Å². The highest BCUT2D eigenvalue weighted by atomic mass is 35.5. The molecule has 5 nitrogen and oxygen atoms in total. The van der Waals surface area contributed by atoms with Crippen molar-refractivity contribution in [1.29, 1.82) is 0 Å². The number of thioether (sulfide) groups is 1. The molecule has 0 saturated heterocycles. The minimum Gasteiger partial charge on any atom is -0.324 e. The summed E-state index contributed by atoms with van der Waals surface area (Å²) in [5, 5.41) is 4.67. The predicted molar refractivity (Wildman–Crippen MR) is 112 cm³/mol. The standard InChI is InChI=1S/C19H17Cl2N3O2S/c1-11(2)24-18(26)13-5-3-4-6-15(13)23-19(24)27-10-17(25)22-16-9-12(20)7-8-14(16)21/h3-9,11H,10H2,1-2H3,(H,22,25). The molecule has 1 amide bonds. The van der Waals surface area contributed by atoms with Crippen molar-refractivity contribution in [3.63, 3.8) is 0 Å². The monoisotopic (exact) mass is 421 g/mol. The lowest BCUT2D eigenvalue weighted by Crippen LogP contribution is -2.25. The van der Waals surface area contributed by atoms with Gasteiger partial charge in [0.05, 0.1) is 27.4 Å². The van der Waals surface area contributed by atoms with Crippen LogP contribution in [0.2, 0.25) is 10.0 Å². The summed E-state index contributed by atoms with van der Waals surface area (Å²) in [6.07, 6.45) is 0. The van der Waals surface area contributed by atoms with Gasteiger partial charge in [-0.1, -0.05) is 47.1 Å². The van der Waals surface area contributed by atoms with E-state index < -0.39 is 0 Å². The third kappa shape index (κ3) is 4.46. The lowest BCUT2D eigenvalue weighted by atomic mass is 10.2. The van der Waals surface area contributed by atoms with Gasteiger partial charge in [0.1, 0.15) is 0 Å². The number of rotatable bonds is 5. The number of nitrogens with one attached hydrogen (secondary N) is 1. The average Bonchev–Trinajstić information content (AvgIpc) is 2.63. The smallest absolute Gasteiger partial charge is 0.262 e. The van der Waals surface area contributed by atoms with Gasteiger partial charge in [-0.15, -0.1) is 0 Å². The zero-order valence-electron chi connectivity index (χ0n) is 14.7. The van der Waals surface area contributed by atoms with Gasteiger partial charge in [0.25, 0.3) is 5.56 Å². The van der Waals surface area contributed by atoms with Crippen LogP contribution in [0.5, 0.6) is 0 Å². The molecule has 0 aliphatic heterocycles. The van der Waals surface area contributed by atoms with Gasteiger partial charge in [-0.25, -0.2) is 4.98 Å². The molecule has 0 bridgehead atoms. The molecular weight excluding hydrogens is 405 g/mol. The Kier molecular flexibility index (Phi) is 6.09. The highest BCUT2D eigenvalue weighted by Crippen LogP contribution is 2.26. The first-order valence-corrected chi connectivity index (χ1v) is 10.00. The van der Waals surface area contributed by atoms with E-state index in [0.717, 1.165) is 0 Å². The van der Waals surface area contributed by atoms with Crippen LogP contribution in [0, 0.1) is 0 Å². The molecule has 2 aromatic carbocycles. The maximum Gasteiger partial charge on any atom is 0.262 e.